The fourth-order valence-corrected chi connectivity index (χ4v) is 4.20. The Morgan fingerprint density at radius 2 is 1.97 bits per heavy atom. The third-order valence-corrected chi connectivity index (χ3v) is 5.97. The number of carbonyl (C=O) groups excluding carboxylic acids is 2. The molecule has 3 rings (SSSR count). The highest BCUT2D eigenvalue weighted by Crippen LogP contribution is 2.35. The van der Waals surface area contributed by atoms with Gasteiger partial charge in [-0.2, -0.15) is 0 Å². The number of rotatable bonds is 8. The number of carbonyl (C=O) groups is 2. The number of aryl methyl sites for hydroxylation is 1. The molecule has 0 N–H and O–H groups in total. The molecule has 1 aliphatic heterocycles. The summed E-state index contributed by atoms with van der Waals surface area (Å²) in [4.78, 5) is 26.1. The summed E-state index contributed by atoms with van der Waals surface area (Å²) in [6.07, 6.45) is 1.72. The highest BCUT2D eigenvalue weighted by atomic mass is 32.2. The topological polar surface area (TPSA) is 65.1 Å². The van der Waals surface area contributed by atoms with Crippen LogP contribution in [-0.4, -0.2) is 41.4 Å². The SMILES string of the molecule is CCOC(=O)CN1C(=O)C(=Cc2ccc(OCc3ccccc3C)c(OC)c2)SC1=S. The molecular weight excluding hydrogens is 434 g/mol. The molecule has 1 heterocycles. The average Bonchev–Trinajstić information content (AvgIpc) is 3.01. The van der Waals surface area contributed by atoms with Crippen LogP contribution in [0.2, 0.25) is 0 Å². The molecule has 0 aliphatic carbocycles. The van der Waals surface area contributed by atoms with Gasteiger partial charge in [-0.05, 0) is 48.7 Å². The molecule has 0 radical (unpaired) electrons. The van der Waals surface area contributed by atoms with Gasteiger partial charge in [0, 0.05) is 0 Å². The number of methoxy groups -OCH3 is 1. The van der Waals surface area contributed by atoms with Crippen LogP contribution < -0.4 is 9.47 Å². The van der Waals surface area contributed by atoms with Crippen molar-refractivity contribution in [2.45, 2.75) is 20.5 Å². The van der Waals surface area contributed by atoms with Gasteiger partial charge in [0.05, 0.1) is 18.6 Å². The number of hydrogen-bond acceptors (Lipinski definition) is 7. The van der Waals surface area contributed by atoms with Gasteiger partial charge in [0.2, 0.25) is 0 Å². The lowest BCUT2D eigenvalue weighted by molar-refractivity contribution is -0.145. The molecule has 2 aromatic rings. The van der Waals surface area contributed by atoms with E-state index in [2.05, 4.69) is 0 Å². The van der Waals surface area contributed by atoms with E-state index >= 15 is 0 Å². The molecule has 8 heteroatoms. The van der Waals surface area contributed by atoms with E-state index in [9.17, 15) is 9.59 Å². The quantitative estimate of drug-likeness (QED) is 0.332. The standard InChI is InChI=1S/C23H23NO5S2/c1-4-28-21(25)13-24-22(26)20(31-23(24)30)12-16-9-10-18(19(11-16)27-3)29-14-17-8-6-5-7-15(17)2/h5-12H,4,13-14H2,1-3H3. The minimum Gasteiger partial charge on any atom is -0.493 e. The second-order valence-corrected chi connectivity index (χ2v) is 8.37. The van der Waals surface area contributed by atoms with Crippen molar-refractivity contribution in [3.05, 3.63) is 64.1 Å². The zero-order valence-electron chi connectivity index (χ0n) is 17.5. The van der Waals surface area contributed by atoms with Gasteiger partial charge in [-0.25, -0.2) is 0 Å². The molecule has 0 atom stereocenters. The summed E-state index contributed by atoms with van der Waals surface area (Å²) in [7, 11) is 1.57. The van der Waals surface area contributed by atoms with Gasteiger partial charge >= 0.3 is 5.97 Å². The van der Waals surface area contributed by atoms with Crippen molar-refractivity contribution in [3.8, 4) is 11.5 Å². The van der Waals surface area contributed by atoms with Gasteiger partial charge in [0.25, 0.3) is 5.91 Å². The first-order valence-electron chi connectivity index (χ1n) is 9.69. The zero-order valence-corrected chi connectivity index (χ0v) is 19.2. The number of esters is 1. The molecule has 31 heavy (non-hydrogen) atoms. The fraction of sp³-hybridized carbons (Fsp3) is 0.261. The van der Waals surface area contributed by atoms with Gasteiger partial charge in [-0.15, -0.1) is 0 Å². The van der Waals surface area contributed by atoms with E-state index in [1.807, 2.05) is 43.3 Å². The molecule has 0 saturated carbocycles. The van der Waals surface area contributed by atoms with Crippen LogP contribution in [0.5, 0.6) is 11.5 Å². The summed E-state index contributed by atoms with van der Waals surface area (Å²) in [5.41, 5.74) is 3.01. The number of hydrogen-bond donors (Lipinski definition) is 0. The highest BCUT2D eigenvalue weighted by Gasteiger charge is 2.33. The Kier molecular flexibility index (Phi) is 7.70. The van der Waals surface area contributed by atoms with Gasteiger partial charge in [-0.1, -0.05) is 54.3 Å². The molecule has 0 aromatic heterocycles. The van der Waals surface area contributed by atoms with Gasteiger partial charge < -0.3 is 14.2 Å². The smallest absolute Gasteiger partial charge is 0.326 e. The lowest BCUT2D eigenvalue weighted by Crippen LogP contribution is -2.34. The predicted molar refractivity (Wildman–Crippen MR) is 125 cm³/mol. The van der Waals surface area contributed by atoms with Crippen molar-refractivity contribution in [1.82, 2.24) is 4.90 Å². The summed E-state index contributed by atoms with van der Waals surface area (Å²) in [5.74, 6) is 0.362. The Bertz CT molecular complexity index is 1030. The Morgan fingerprint density at radius 3 is 2.68 bits per heavy atom. The van der Waals surface area contributed by atoms with E-state index in [4.69, 9.17) is 26.4 Å². The van der Waals surface area contributed by atoms with Gasteiger partial charge in [0.15, 0.2) is 11.5 Å². The van der Waals surface area contributed by atoms with Gasteiger partial charge in [0.1, 0.15) is 17.5 Å². The number of thioether (sulfide) groups is 1. The Morgan fingerprint density at radius 1 is 1.19 bits per heavy atom. The second-order valence-electron chi connectivity index (χ2n) is 6.70. The first-order valence-corrected chi connectivity index (χ1v) is 10.9. The van der Waals surface area contributed by atoms with Gasteiger partial charge in [-0.3, -0.25) is 14.5 Å². The Labute approximate surface area is 191 Å². The number of ether oxygens (including phenoxy) is 3. The zero-order chi connectivity index (χ0) is 22.4. The molecule has 0 unspecified atom stereocenters. The molecule has 0 bridgehead atoms. The maximum atomic E-state index is 12.7. The fourth-order valence-electron chi connectivity index (χ4n) is 2.94. The molecule has 0 spiro atoms. The van der Waals surface area contributed by atoms with E-state index in [1.54, 1.807) is 26.2 Å². The molecule has 2 aromatic carbocycles. The third kappa shape index (κ3) is 5.65. The lowest BCUT2D eigenvalue weighted by atomic mass is 10.1. The maximum absolute atomic E-state index is 12.7. The minimum atomic E-state index is -0.489. The number of nitrogens with zero attached hydrogens (tertiary/aromatic N) is 1. The largest absolute Gasteiger partial charge is 0.493 e. The highest BCUT2D eigenvalue weighted by molar-refractivity contribution is 8.26. The van der Waals surface area contributed by atoms with Crippen LogP contribution in [0.1, 0.15) is 23.6 Å². The molecule has 1 fully saturated rings. The summed E-state index contributed by atoms with van der Waals surface area (Å²) < 4.78 is 16.7. The van der Waals surface area contributed by atoms with Crippen LogP contribution in [-0.2, 0) is 20.9 Å². The summed E-state index contributed by atoms with van der Waals surface area (Å²) in [5, 5.41) is 0. The van der Waals surface area contributed by atoms with Crippen molar-refractivity contribution in [3.63, 3.8) is 0 Å². The number of benzene rings is 2. The average molecular weight is 458 g/mol. The monoisotopic (exact) mass is 457 g/mol. The Balaban J connectivity index is 1.74. The minimum absolute atomic E-state index is 0.190. The van der Waals surface area contributed by atoms with Crippen molar-refractivity contribution in [2.75, 3.05) is 20.3 Å². The maximum Gasteiger partial charge on any atom is 0.326 e. The second kappa shape index (κ2) is 10.5. The van der Waals surface area contributed by atoms with E-state index < -0.39 is 5.97 Å². The Hall–Kier alpha value is -2.84. The van der Waals surface area contributed by atoms with E-state index in [1.165, 1.54) is 4.90 Å². The first-order chi connectivity index (χ1) is 14.9. The molecule has 6 nitrogen and oxygen atoms in total. The van der Waals surface area contributed by atoms with Crippen LogP contribution in [0.3, 0.4) is 0 Å². The van der Waals surface area contributed by atoms with Crippen LogP contribution >= 0.6 is 24.0 Å². The van der Waals surface area contributed by atoms with Crippen molar-refractivity contribution in [2.24, 2.45) is 0 Å². The molecule has 1 saturated heterocycles. The van der Waals surface area contributed by atoms with E-state index in [0.29, 0.717) is 27.3 Å². The van der Waals surface area contributed by atoms with E-state index in [-0.39, 0.29) is 19.1 Å². The number of amides is 1. The van der Waals surface area contributed by atoms with Crippen LogP contribution in [0.25, 0.3) is 6.08 Å². The van der Waals surface area contributed by atoms with Crippen molar-refractivity contribution < 1.29 is 23.8 Å². The molecular formula is C23H23NO5S2. The first kappa shape index (κ1) is 22.8. The normalized spacial score (nSPS) is 14.8. The van der Waals surface area contributed by atoms with Crippen LogP contribution in [0.4, 0.5) is 0 Å². The van der Waals surface area contributed by atoms with E-state index in [0.717, 1.165) is 28.5 Å². The molecule has 1 amide bonds. The third-order valence-electron chi connectivity index (χ3n) is 4.60. The predicted octanol–water partition coefficient (Wildman–Crippen LogP) is 4.35. The summed E-state index contributed by atoms with van der Waals surface area (Å²) >= 11 is 6.40. The van der Waals surface area contributed by atoms with Crippen molar-refractivity contribution >= 4 is 46.3 Å². The van der Waals surface area contributed by atoms with Crippen LogP contribution in [0.15, 0.2) is 47.4 Å². The molecule has 162 valence electrons. The lowest BCUT2D eigenvalue weighted by Gasteiger charge is -2.13. The van der Waals surface area contributed by atoms with Crippen LogP contribution in [0, 0.1) is 6.92 Å². The summed E-state index contributed by atoms with van der Waals surface area (Å²) in [6.45, 7) is 4.24. The summed E-state index contributed by atoms with van der Waals surface area (Å²) in [6, 6.07) is 13.5. The molecule has 1 aliphatic rings. The van der Waals surface area contributed by atoms with Crippen molar-refractivity contribution in [1.29, 1.82) is 0 Å². The number of thiocarbonyl (C=S) groups is 1.